The Morgan fingerprint density at radius 3 is 0.714 bits per heavy atom. The van der Waals surface area contributed by atoms with Crippen LogP contribution >= 0.6 is 0 Å². The molecule has 2 nitrogen and oxygen atoms in total. The monoisotopic (exact) mass is 114 g/mol. The minimum atomic E-state index is 0. The van der Waals surface area contributed by atoms with Crippen LogP contribution in [0.3, 0.4) is 0 Å². The molecule has 2 heteroatoms. The summed E-state index contributed by atoms with van der Waals surface area (Å²) in [7, 11) is 1.00. The first-order valence-electron chi connectivity index (χ1n) is 0.447. The van der Waals surface area contributed by atoms with Crippen molar-refractivity contribution in [1.82, 2.24) is 0 Å². The zero-order valence-corrected chi connectivity index (χ0v) is 1.95. The summed E-state index contributed by atoms with van der Waals surface area (Å²) >= 11 is 0. The lowest BCUT2D eigenvalue weighted by atomic mass is 11.8. The van der Waals surface area contributed by atoms with E-state index in [0.29, 0.717) is 0 Å². The van der Waals surface area contributed by atoms with Gasteiger partial charge in [-0.15, -0.1) is 0 Å². The minimum absolute atomic E-state index is 0. The van der Waals surface area contributed by atoms with Crippen LogP contribution in [0.1, 0.15) is 29.7 Å². The molecule has 7 heavy (non-hydrogen) atoms. The highest BCUT2D eigenvalue weighted by Gasteiger charge is 0.839. The maximum Gasteiger partial charge on any atom is 0.0319 e. The van der Waals surface area contributed by atoms with E-state index in [9.17, 15) is 0 Å². The molecule has 54 valence electrons. The maximum absolute atomic E-state index is 7.00. The molecule has 0 amide bonds. The highest BCUT2D eigenvalue weighted by molar-refractivity contribution is 3.18. The number of hydrogen-bond donors (Lipinski definition) is 1. The molecule has 0 bridgehead atoms. The molecular formula is C5H22O2. The van der Waals surface area contributed by atoms with E-state index in [2.05, 4.69) is 0 Å². The highest BCUT2D eigenvalue weighted by Crippen LogP contribution is 0.755. The average Bonchev–Trinajstić information content (AvgIpc) is 1.00. The molecule has 0 aliphatic rings. The summed E-state index contributed by atoms with van der Waals surface area (Å²) in [5.41, 5.74) is 0. The Hall–Kier alpha value is -0.0800. The van der Waals surface area contributed by atoms with E-state index in [0.717, 1.165) is 7.11 Å². The third-order valence-corrected chi connectivity index (χ3v) is 0. The Kier molecular flexibility index (Phi) is 917000. The van der Waals surface area contributed by atoms with Gasteiger partial charge in [0.25, 0.3) is 0 Å². The van der Waals surface area contributed by atoms with E-state index in [1.54, 1.807) is 0 Å². The molecule has 0 saturated carbocycles. The number of aliphatic hydroxyl groups excluding tert-OH is 1. The Bertz CT molecular complexity index is 6.04. The standard InChI is InChI=1S/CH4O.4CH4.H2O/c1-2;;;;;/h2H,1H3;4*1H4;1H2. The van der Waals surface area contributed by atoms with E-state index in [1.807, 2.05) is 0 Å². The lowest BCUT2D eigenvalue weighted by Gasteiger charge is -1.21. The van der Waals surface area contributed by atoms with Crippen LogP contribution in [0.4, 0.5) is 0 Å². The van der Waals surface area contributed by atoms with Gasteiger partial charge in [0.1, 0.15) is 0 Å². The van der Waals surface area contributed by atoms with Crippen molar-refractivity contribution < 1.29 is 10.6 Å². The van der Waals surface area contributed by atoms with Crippen molar-refractivity contribution in [1.29, 1.82) is 0 Å². The van der Waals surface area contributed by atoms with Crippen LogP contribution in [0.25, 0.3) is 0 Å². The van der Waals surface area contributed by atoms with Gasteiger partial charge in [-0.25, -0.2) is 0 Å². The quantitative estimate of drug-likeness (QED) is 0.507. The lowest BCUT2D eigenvalue weighted by molar-refractivity contribution is 0.399. The van der Waals surface area contributed by atoms with Gasteiger partial charge in [0.2, 0.25) is 0 Å². The van der Waals surface area contributed by atoms with Gasteiger partial charge < -0.3 is 10.6 Å². The van der Waals surface area contributed by atoms with Crippen molar-refractivity contribution in [2.75, 3.05) is 7.11 Å². The molecule has 0 aromatic rings. The van der Waals surface area contributed by atoms with E-state index >= 15 is 0 Å². The fourth-order valence-corrected chi connectivity index (χ4v) is 0. The normalized spacial score (nSPS) is 0.857. The summed E-state index contributed by atoms with van der Waals surface area (Å²) in [6, 6.07) is 0. The lowest BCUT2D eigenvalue weighted by Crippen LogP contribution is -1.25. The maximum atomic E-state index is 7.00. The molecule has 0 unspecified atom stereocenters. The average molecular weight is 114 g/mol. The van der Waals surface area contributed by atoms with Crippen LogP contribution in [0.5, 0.6) is 0 Å². The SMILES string of the molecule is C.C.C.C.CO.O. The van der Waals surface area contributed by atoms with Crippen molar-refractivity contribution in [2.24, 2.45) is 0 Å². The summed E-state index contributed by atoms with van der Waals surface area (Å²) < 4.78 is 0. The van der Waals surface area contributed by atoms with Crippen LogP contribution in [-0.4, -0.2) is 17.7 Å². The van der Waals surface area contributed by atoms with Crippen LogP contribution in [0.2, 0.25) is 0 Å². The van der Waals surface area contributed by atoms with Gasteiger partial charge in [0, 0.05) is 7.11 Å². The van der Waals surface area contributed by atoms with Crippen molar-refractivity contribution >= 4 is 0 Å². The predicted molar refractivity (Wildman–Crippen MR) is 38.7 cm³/mol. The second kappa shape index (κ2) is 22400. The molecule has 0 heterocycles. The number of rotatable bonds is 0. The Morgan fingerprint density at radius 1 is 0.714 bits per heavy atom. The van der Waals surface area contributed by atoms with Gasteiger partial charge in [-0.2, -0.15) is 0 Å². The molecular weight excluding hydrogens is 92.1 g/mol. The molecule has 0 spiro atoms. The predicted octanol–water partition coefficient (Wildman–Crippen LogP) is 1.33. The van der Waals surface area contributed by atoms with Gasteiger partial charge in [-0.1, -0.05) is 29.7 Å². The molecule has 0 aromatic carbocycles. The first-order chi connectivity index (χ1) is 1.00. The van der Waals surface area contributed by atoms with Crippen molar-refractivity contribution in [3.05, 3.63) is 0 Å². The van der Waals surface area contributed by atoms with Gasteiger partial charge in [0.05, 0.1) is 0 Å². The van der Waals surface area contributed by atoms with E-state index in [-0.39, 0.29) is 35.2 Å². The third-order valence-electron chi connectivity index (χ3n) is 0. The molecule has 0 aromatic heterocycles. The van der Waals surface area contributed by atoms with Crippen LogP contribution in [0, 0.1) is 0 Å². The first kappa shape index (κ1) is 287. The van der Waals surface area contributed by atoms with Gasteiger partial charge in [-0.3, -0.25) is 0 Å². The smallest absolute Gasteiger partial charge is 0.0319 e. The fourth-order valence-electron chi connectivity index (χ4n) is 0. The molecule has 0 aliphatic carbocycles. The van der Waals surface area contributed by atoms with Crippen molar-refractivity contribution in [3.63, 3.8) is 0 Å². The number of hydrogen-bond acceptors (Lipinski definition) is 1. The summed E-state index contributed by atoms with van der Waals surface area (Å²) in [5.74, 6) is 0. The van der Waals surface area contributed by atoms with E-state index < -0.39 is 0 Å². The van der Waals surface area contributed by atoms with Crippen LogP contribution < -0.4 is 0 Å². The summed E-state index contributed by atoms with van der Waals surface area (Å²) in [6.45, 7) is 0. The Labute approximate surface area is 48.5 Å². The minimum Gasteiger partial charge on any atom is -0.412 e. The molecule has 0 radical (unpaired) electrons. The topological polar surface area (TPSA) is 51.7 Å². The first-order valence-corrected chi connectivity index (χ1v) is 0.447. The molecule has 0 atom stereocenters. The molecule has 3 N–H and O–H groups in total. The molecule has 0 fully saturated rings. The summed E-state index contributed by atoms with van der Waals surface area (Å²) in [6.07, 6.45) is 0. The van der Waals surface area contributed by atoms with Crippen molar-refractivity contribution in [3.8, 4) is 0 Å². The van der Waals surface area contributed by atoms with Crippen molar-refractivity contribution in [2.45, 2.75) is 29.7 Å². The highest BCUT2D eigenvalue weighted by atomic mass is 16.2. The van der Waals surface area contributed by atoms with Gasteiger partial charge in [-0.05, 0) is 0 Å². The fraction of sp³-hybridized carbons (Fsp3) is 1.00. The van der Waals surface area contributed by atoms with E-state index in [1.165, 1.54) is 0 Å². The molecule has 0 saturated heterocycles. The zero-order valence-electron chi connectivity index (χ0n) is 1.95. The largest absolute Gasteiger partial charge is 0.412 e. The van der Waals surface area contributed by atoms with Gasteiger partial charge >= 0.3 is 0 Å². The second-order valence-electron chi connectivity index (χ2n) is 0. The van der Waals surface area contributed by atoms with Crippen LogP contribution in [-0.2, 0) is 0 Å². The zero-order chi connectivity index (χ0) is 2.00. The summed E-state index contributed by atoms with van der Waals surface area (Å²) in [5, 5.41) is 7.00. The summed E-state index contributed by atoms with van der Waals surface area (Å²) in [4.78, 5) is 0. The Morgan fingerprint density at radius 2 is 0.714 bits per heavy atom. The third kappa shape index (κ3) is 14200. The number of aliphatic hydroxyl groups is 1. The molecule has 0 rings (SSSR count). The Balaban J connectivity index is -0.000000000500. The van der Waals surface area contributed by atoms with Crippen LogP contribution in [0.15, 0.2) is 0 Å². The van der Waals surface area contributed by atoms with E-state index in [4.69, 9.17) is 5.11 Å². The second-order valence-corrected chi connectivity index (χ2v) is 0. The van der Waals surface area contributed by atoms with Gasteiger partial charge in [0.15, 0.2) is 0 Å². The molecule has 0 aliphatic heterocycles.